The molecule has 1 unspecified atom stereocenters. The Labute approximate surface area is 96.6 Å². The zero-order valence-corrected chi connectivity index (χ0v) is 10.5. The Kier molecular flexibility index (Phi) is 4.70. The number of morpholine rings is 1. The molecule has 0 amide bonds. The van der Waals surface area contributed by atoms with Crippen LogP contribution in [0.2, 0.25) is 0 Å². The van der Waals surface area contributed by atoms with Crippen molar-refractivity contribution in [3.8, 4) is 0 Å². The fourth-order valence-electron chi connectivity index (χ4n) is 1.80. The molecule has 5 heteroatoms. The van der Waals surface area contributed by atoms with E-state index < -0.39 is 5.79 Å². The first-order valence-electron chi connectivity index (χ1n) is 5.60. The fraction of sp³-hybridized carbons (Fsp3) is 0.909. The van der Waals surface area contributed by atoms with Gasteiger partial charge in [0.1, 0.15) is 6.23 Å². The van der Waals surface area contributed by atoms with Crippen LogP contribution in [0, 0.1) is 0 Å². The van der Waals surface area contributed by atoms with Crippen molar-refractivity contribution in [3.63, 3.8) is 0 Å². The molecule has 1 rings (SSSR count). The van der Waals surface area contributed by atoms with Crippen LogP contribution in [0.1, 0.15) is 27.7 Å². The van der Waals surface area contributed by atoms with E-state index >= 15 is 0 Å². The first-order chi connectivity index (χ1) is 7.41. The maximum absolute atomic E-state index is 10.9. The number of nitrogens with zero attached hydrogens (tertiary/aromatic N) is 1. The number of esters is 1. The molecule has 0 aromatic rings. The highest BCUT2D eigenvalue weighted by molar-refractivity contribution is 5.66. The van der Waals surface area contributed by atoms with Gasteiger partial charge in [-0.25, -0.2) is 0 Å². The number of hydrogen-bond donors (Lipinski definition) is 0. The average Bonchev–Trinajstić information content (AvgIpc) is 2.16. The topological polar surface area (TPSA) is 48.0 Å². The lowest BCUT2D eigenvalue weighted by atomic mass is 10.3. The highest BCUT2D eigenvalue weighted by Crippen LogP contribution is 2.17. The summed E-state index contributed by atoms with van der Waals surface area (Å²) in [5.41, 5.74) is 0. The lowest BCUT2D eigenvalue weighted by Gasteiger charge is -2.36. The van der Waals surface area contributed by atoms with Gasteiger partial charge in [-0.3, -0.25) is 9.69 Å². The van der Waals surface area contributed by atoms with E-state index in [0.717, 1.165) is 26.3 Å². The van der Waals surface area contributed by atoms with Crippen molar-refractivity contribution in [1.82, 2.24) is 4.90 Å². The molecule has 1 atom stereocenters. The SMILES string of the molecule is CC(=O)OC(C)(C)OC(C)N1CCOCC1. The van der Waals surface area contributed by atoms with E-state index in [-0.39, 0.29) is 12.2 Å². The smallest absolute Gasteiger partial charge is 0.305 e. The van der Waals surface area contributed by atoms with E-state index in [0.29, 0.717) is 0 Å². The first kappa shape index (κ1) is 13.4. The summed E-state index contributed by atoms with van der Waals surface area (Å²) in [6, 6.07) is 0. The van der Waals surface area contributed by atoms with Gasteiger partial charge in [-0.15, -0.1) is 0 Å². The molecule has 5 nitrogen and oxygen atoms in total. The fourth-order valence-corrected chi connectivity index (χ4v) is 1.80. The highest BCUT2D eigenvalue weighted by Gasteiger charge is 2.28. The molecule has 1 saturated heterocycles. The predicted molar refractivity (Wildman–Crippen MR) is 58.8 cm³/mol. The molecular formula is C11H21NO4. The molecule has 0 aromatic heterocycles. The minimum atomic E-state index is -0.885. The summed E-state index contributed by atoms with van der Waals surface area (Å²) in [4.78, 5) is 13.0. The lowest BCUT2D eigenvalue weighted by Crippen LogP contribution is -2.47. The Hall–Kier alpha value is -0.650. The Morgan fingerprint density at radius 2 is 1.94 bits per heavy atom. The van der Waals surface area contributed by atoms with Crippen LogP contribution in [0.3, 0.4) is 0 Å². The van der Waals surface area contributed by atoms with Crippen molar-refractivity contribution >= 4 is 5.97 Å². The normalized spacial score (nSPS) is 20.5. The van der Waals surface area contributed by atoms with Crippen LogP contribution in [0.4, 0.5) is 0 Å². The molecule has 0 radical (unpaired) electrons. The van der Waals surface area contributed by atoms with Crippen molar-refractivity contribution in [2.45, 2.75) is 39.7 Å². The third kappa shape index (κ3) is 4.47. The van der Waals surface area contributed by atoms with E-state index in [4.69, 9.17) is 14.2 Å². The van der Waals surface area contributed by atoms with Gasteiger partial charge in [0.15, 0.2) is 0 Å². The monoisotopic (exact) mass is 231 g/mol. The number of carbonyl (C=O) groups is 1. The van der Waals surface area contributed by atoms with Gasteiger partial charge in [0, 0.05) is 33.9 Å². The summed E-state index contributed by atoms with van der Waals surface area (Å²) in [5.74, 6) is -1.22. The molecule has 1 heterocycles. The Bertz CT molecular complexity index is 236. The van der Waals surface area contributed by atoms with Gasteiger partial charge in [0.2, 0.25) is 5.79 Å². The molecular weight excluding hydrogens is 210 g/mol. The number of hydrogen-bond acceptors (Lipinski definition) is 5. The summed E-state index contributed by atoms with van der Waals surface area (Å²) in [6.07, 6.45) is -0.0850. The number of ether oxygens (including phenoxy) is 3. The van der Waals surface area contributed by atoms with Gasteiger partial charge >= 0.3 is 5.97 Å². The zero-order chi connectivity index (χ0) is 12.2. The van der Waals surface area contributed by atoms with E-state index in [1.807, 2.05) is 6.92 Å². The minimum absolute atomic E-state index is 0.0850. The second-order valence-corrected chi connectivity index (χ2v) is 4.36. The molecule has 1 aliphatic rings. The molecule has 1 fully saturated rings. The third-order valence-corrected chi connectivity index (χ3v) is 2.40. The van der Waals surface area contributed by atoms with E-state index in [9.17, 15) is 4.79 Å². The van der Waals surface area contributed by atoms with Crippen LogP contribution in [0.5, 0.6) is 0 Å². The van der Waals surface area contributed by atoms with Gasteiger partial charge < -0.3 is 14.2 Å². The minimum Gasteiger partial charge on any atom is -0.434 e. The number of rotatable bonds is 4. The summed E-state index contributed by atoms with van der Waals surface area (Å²) < 4.78 is 16.1. The standard InChI is InChI=1S/C11H21NO4/c1-9(12-5-7-14-8-6-12)15-11(3,4)16-10(2)13/h9H,5-8H2,1-4H3. The Morgan fingerprint density at radius 3 is 2.44 bits per heavy atom. The molecule has 1 aliphatic heterocycles. The molecule has 94 valence electrons. The molecule has 0 aromatic carbocycles. The van der Waals surface area contributed by atoms with Crippen molar-refractivity contribution in [3.05, 3.63) is 0 Å². The maximum Gasteiger partial charge on any atom is 0.305 e. The number of carbonyl (C=O) groups excluding carboxylic acids is 1. The van der Waals surface area contributed by atoms with Gasteiger partial charge in [0.05, 0.1) is 13.2 Å². The first-order valence-corrected chi connectivity index (χ1v) is 5.60. The summed E-state index contributed by atoms with van der Waals surface area (Å²) >= 11 is 0. The highest BCUT2D eigenvalue weighted by atomic mass is 16.7. The van der Waals surface area contributed by atoms with E-state index in [2.05, 4.69) is 4.90 Å². The van der Waals surface area contributed by atoms with Crippen LogP contribution in [0.25, 0.3) is 0 Å². The largest absolute Gasteiger partial charge is 0.434 e. The van der Waals surface area contributed by atoms with Gasteiger partial charge in [-0.2, -0.15) is 0 Å². The second-order valence-electron chi connectivity index (χ2n) is 4.36. The summed E-state index contributed by atoms with van der Waals surface area (Å²) in [6.45, 7) is 9.95. The van der Waals surface area contributed by atoms with Crippen molar-refractivity contribution in [1.29, 1.82) is 0 Å². The Balaban J connectivity index is 2.41. The van der Waals surface area contributed by atoms with Gasteiger partial charge in [0.25, 0.3) is 0 Å². The van der Waals surface area contributed by atoms with Crippen molar-refractivity contribution in [2.75, 3.05) is 26.3 Å². The van der Waals surface area contributed by atoms with Gasteiger partial charge in [-0.1, -0.05) is 0 Å². The van der Waals surface area contributed by atoms with Crippen LogP contribution < -0.4 is 0 Å². The van der Waals surface area contributed by atoms with Crippen molar-refractivity contribution in [2.24, 2.45) is 0 Å². The van der Waals surface area contributed by atoms with Crippen LogP contribution in [-0.4, -0.2) is 49.2 Å². The summed E-state index contributed by atoms with van der Waals surface area (Å²) in [7, 11) is 0. The van der Waals surface area contributed by atoms with E-state index in [1.165, 1.54) is 6.92 Å². The van der Waals surface area contributed by atoms with Crippen LogP contribution in [-0.2, 0) is 19.0 Å². The Morgan fingerprint density at radius 1 is 1.38 bits per heavy atom. The second kappa shape index (κ2) is 5.61. The molecule has 16 heavy (non-hydrogen) atoms. The van der Waals surface area contributed by atoms with Crippen molar-refractivity contribution < 1.29 is 19.0 Å². The maximum atomic E-state index is 10.9. The molecule has 0 aliphatic carbocycles. The zero-order valence-electron chi connectivity index (χ0n) is 10.5. The van der Waals surface area contributed by atoms with Crippen LogP contribution in [0.15, 0.2) is 0 Å². The average molecular weight is 231 g/mol. The van der Waals surface area contributed by atoms with Gasteiger partial charge in [-0.05, 0) is 6.92 Å². The quantitative estimate of drug-likeness (QED) is 0.533. The summed E-state index contributed by atoms with van der Waals surface area (Å²) in [5, 5.41) is 0. The van der Waals surface area contributed by atoms with E-state index in [1.54, 1.807) is 13.8 Å². The molecule has 0 bridgehead atoms. The molecule has 0 N–H and O–H groups in total. The lowest BCUT2D eigenvalue weighted by molar-refractivity contribution is -0.254. The molecule has 0 saturated carbocycles. The molecule has 0 spiro atoms. The third-order valence-electron chi connectivity index (χ3n) is 2.40. The van der Waals surface area contributed by atoms with Crippen LogP contribution >= 0.6 is 0 Å². The predicted octanol–water partition coefficient (Wildman–Crippen LogP) is 0.980.